The topological polar surface area (TPSA) is 110 Å². The highest BCUT2D eigenvalue weighted by atomic mass is 19.1. The number of rotatable bonds is 8. The molecule has 136 valence electrons. The van der Waals surface area contributed by atoms with Gasteiger partial charge in [0.05, 0.1) is 4.92 Å². The summed E-state index contributed by atoms with van der Waals surface area (Å²) in [6.45, 7) is 0. The molecule has 26 heavy (non-hydrogen) atoms. The summed E-state index contributed by atoms with van der Waals surface area (Å²) in [6.07, 6.45) is 0.381. The average Bonchev–Trinajstić information content (AvgIpc) is 2.61. The van der Waals surface area contributed by atoms with Gasteiger partial charge < -0.3 is 10.4 Å². The van der Waals surface area contributed by atoms with Crippen LogP contribution in [0.1, 0.15) is 17.5 Å². The van der Waals surface area contributed by atoms with Crippen LogP contribution in [0, 0.1) is 15.9 Å². The number of aliphatic carboxylic acids is 1. The summed E-state index contributed by atoms with van der Waals surface area (Å²) < 4.78 is 13.4. The van der Waals surface area contributed by atoms with E-state index in [1.807, 2.05) is 30.3 Å². The van der Waals surface area contributed by atoms with E-state index < -0.39 is 34.3 Å². The smallest absolute Gasteiger partial charge is 0.326 e. The molecular formula is C18H17FN2O5. The van der Waals surface area contributed by atoms with Gasteiger partial charge in [0.1, 0.15) is 6.04 Å². The number of nitrogens with zero attached hydrogens (tertiary/aromatic N) is 1. The van der Waals surface area contributed by atoms with E-state index in [1.165, 1.54) is 6.07 Å². The fourth-order valence-corrected chi connectivity index (χ4v) is 2.43. The minimum atomic E-state index is -1.27. The van der Waals surface area contributed by atoms with Crippen molar-refractivity contribution in [3.8, 4) is 0 Å². The van der Waals surface area contributed by atoms with E-state index in [-0.39, 0.29) is 18.4 Å². The van der Waals surface area contributed by atoms with Gasteiger partial charge in [0, 0.05) is 18.9 Å². The van der Waals surface area contributed by atoms with Crippen LogP contribution in [0.5, 0.6) is 0 Å². The molecule has 0 bridgehead atoms. The van der Waals surface area contributed by atoms with E-state index in [0.717, 1.165) is 17.7 Å². The number of halogens is 1. The Labute approximate surface area is 148 Å². The molecule has 0 aromatic heterocycles. The highest BCUT2D eigenvalue weighted by Gasteiger charge is 2.22. The van der Waals surface area contributed by atoms with Crippen molar-refractivity contribution in [2.45, 2.75) is 25.3 Å². The highest BCUT2D eigenvalue weighted by Crippen LogP contribution is 2.19. The number of carboxylic acids is 1. The Morgan fingerprint density at radius 1 is 1.15 bits per heavy atom. The summed E-state index contributed by atoms with van der Waals surface area (Å²) in [5.41, 5.74) is 0.458. The van der Waals surface area contributed by atoms with Gasteiger partial charge in [-0.1, -0.05) is 36.4 Å². The predicted molar refractivity (Wildman–Crippen MR) is 91.1 cm³/mol. The third-order valence-corrected chi connectivity index (χ3v) is 3.76. The minimum Gasteiger partial charge on any atom is -0.480 e. The second-order valence-electron chi connectivity index (χ2n) is 5.69. The standard InChI is InChI=1S/C18H17FN2O5/c19-14-8-6-13(11-16(14)21(25)26)10-15(18(23)24)20-17(22)9-7-12-4-2-1-3-5-12/h1-6,8,11,15H,7,9-10H2,(H,20,22)(H,23,24)/t15-/m0/s1. The molecule has 7 nitrogen and oxygen atoms in total. The maximum Gasteiger partial charge on any atom is 0.326 e. The van der Waals surface area contributed by atoms with Gasteiger partial charge in [-0.05, 0) is 23.6 Å². The number of carbonyl (C=O) groups is 2. The summed E-state index contributed by atoms with van der Waals surface area (Å²) in [5.74, 6) is -2.72. The number of carbonyl (C=O) groups excluding carboxylic acids is 1. The zero-order valence-corrected chi connectivity index (χ0v) is 13.7. The summed E-state index contributed by atoms with van der Waals surface area (Å²) in [5, 5.41) is 22.4. The van der Waals surface area contributed by atoms with Crippen LogP contribution in [0.15, 0.2) is 48.5 Å². The second-order valence-corrected chi connectivity index (χ2v) is 5.69. The molecule has 0 fully saturated rings. The SMILES string of the molecule is O=C(CCc1ccccc1)N[C@@H](Cc1ccc(F)c([N+](=O)[O-])c1)C(=O)O. The monoisotopic (exact) mass is 360 g/mol. The molecule has 0 unspecified atom stereocenters. The molecule has 1 atom stereocenters. The van der Waals surface area contributed by atoms with Crippen LogP contribution in [0.3, 0.4) is 0 Å². The molecule has 0 saturated heterocycles. The molecule has 0 spiro atoms. The van der Waals surface area contributed by atoms with Crippen LogP contribution in [-0.2, 0) is 22.4 Å². The van der Waals surface area contributed by atoms with Crippen molar-refractivity contribution in [1.82, 2.24) is 5.32 Å². The van der Waals surface area contributed by atoms with Crippen molar-refractivity contribution in [2.24, 2.45) is 0 Å². The molecule has 0 saturated carbocycles. The Kier molecular flexibility index (Phi) is 6.37. The molecule has 2 rings (SSSR count). The summed E-state index contributed by atoms with van der Waals surface area (Å²) in [7, 11) is 0. The van der Waals surface area contributed by atoms with E-state index >= 15 is 0 Å². The van der Waals surface area contributed by atoms with Crippen LogP contribution in [0.25, 0.3) is 0 Å². The molecule has 0 heterocycles. The molecule has 8 heteroatoms. The largest absolute Gasteiger partial charge is 0.480 e. The van der Waals surface area contributed by atoms with Gasteiger partial charge in [-0.15, -0.1) is 0 Å². The molecular weight excluding hydrogens is 343 g/mol. The van der Waals surface area contributed by atoms with E-state index in [4.69, 9.17) is 0 Å². The van der Waals surface area contributed by atoms with Crippen LogP contribution in [0.2, 0.25) is 0 Å². The zero-order chi connectivity index (χ0) is 19.1. The lowest BCUT2D eigenvalue weighted by atomic mass is 10.0. The normalized spacial score (nSPS) is 11.6. The third kappa shape index (κ3) is 5.37. The summed E-state index contributed by atoms with van der Waals surface area (Å²) in [4.78, 5) is 33.3. The van der Waals surface area contributed by atoms with Crippen molar-refractivity contribution in [3.05, 3.63) is 75.6 Å². The molecule has 0 aliphatic carbocycles. The Morgan fingerprint density at radius 2 is 1.85 bits per heavy atom. The van der Waals surface area contributed by atoms with Crippen molar-refractivity contribution in [2.75, 3.05) is 0 Å². The number of benzene rings is 2. The van der Waals surface area contributed by atoms with Crippen molar-refractivity contribution in [1.29, 1.82) is 0 Å². The predicted octanol–water partition coefficient (Wildman–Crippen LogP) is 2.48. The fourth-order valence-electron chi connectivity index (χ4n) is 2.43. The van der Waals surface area contributed by atoms with Crippen molar-refractivity contribution < 1.29 is 24.0 Å². The molecule has 0 aliphatic rings. The number of carboxylic acid groups (broad SMARTS) is 1. The van der Waals surface area contributed by atoms with E-state index in [9.17, 15) is 29.2 Å². The van der Waals surface area contributed by atoms with Crippen LogP contribution in [0.4, 0.5) is 10.1 Å². The summed E-state index contributed by atoms with van der Waals surface area (Å²) in [6, 6.07) is 11.1. The van der Waals surface area contributed by atoms with Crippen molar-refractivity contribution in [3.63, 3.8) is 0 Å². The first-order valence-corrected chi connectivity index (χ1v) is 7.85. The third-order valence-electron chi connectivity index (χ3n) is 3.76. The number of nitro groups is 1. The van der Waals surface area contributed by atoms with Crippen LogP contribution < -0.4 is 5.32 Å². The quantitative estimate of drug-likeness (QED) is 0.555. The second kappa shape index (κ2) is 8.70. The molecule has 2 aromatic rings. The number of nitrogens with one attached hydrogen (secondary N) is 1. The number of hydrogen-bond donors (Lipinski definition) is 2. The van der Waals surface area contributed by atoms with E-state index in [2.05, 4.69) is 5.32 Å². The van der Waals surface area contributed by atoms with E-state index in [0.29, 0.717) is 6.42 Å². The van der Waals surface area contributed by atoms with Gasteiger partial charge in [-0.2, -0.15) is 4.39 Å². The molecule has 1 amide bonds. The maximum absolute atomic E-state index is 13.4. The molecule has 2 aromatic carbocycles. The Hall–Kier alpha value is -3.29. The van der Waals surface area contributed by atoms with Crippen molar-refractivity contribution >= 4 is 17.6 Å². The van der Waals surface area contributed by atoms with Gasteiger partial charge in [0.25, 0.3) is 0 Å². The van der Waals surface area contributed by atoms with Crippen LogP contribution >= 0.6 is 0 Å². The Morgan fingerprint density at radius 3 is 2.46 bits per heavy atom. The molecule has 2 N–H and O–H groups in total. The van der Waals surface area contributed by atoms with Gasteiger partial charge in [-0.25, -0.2) is 4.79 Å². The first-order chi connectivity index (χ1) is 12.4. The first kappa shape index (κ1) is 19.0. The maximum atomic E-state index is 13.4. The Bertz CT molecular complexity index is 810. The van der Waals surface area contributed by atoms with Gasteiger partial charge >= 0.3 is 11.7 Å². The lowest BCUT2D eigenvalue weighted by molar-refractivity contribution is -0.387. The lowest BCUT2D eigenvalue weighted by Gasteiger charge is -2.14. The number of nitro benzene ring substituents is 1. The lowest BCUT2D eigenvalue weighted by Crippen LogP contribution is -2.42. The highest BCUT2D eigenvalue weighted by molar-refractivity contribution is 5.83. The minimum absolute atomic E-state index is 0.108. The first-order valence-electron chi connectivity index (χ1n) is 7.85. The van der Waals surface area contributed by atoms with Gasteiger partial charge in [0.15, 0.2) is 0 Å². The van der Waals surface area contributed by atoms with Gasteiger partial charge in [-0.3, -0.25) is 14.9 Å². The zero-order valence-electron chi connectivity index (χ0n) is 13.7. The number of aryl methyl sites for hydroxylation is 1. The Balaban J connectivity index is 2.00. The fraction of sp³-hybridized carbons (Fsp3) is 0.222. The number of amides is 1. The van der Waals surface area contributed by atoms with Crippen LogP contribution in [-0.4, -0.2) is 27.9 Å². The molecule has 0 radical (unpaired) electrons. The van der Waals surface area contributed by atoms with Gasteiger partial charge in [0.2, 0.25) is 11.7 Å². The van der Waals surface area contributed by atoms with E-state index in [1.54, 1.807) is 0 Å². The average molecular weight is 360 g/mol. The molecule has 0 aliphatic heterocycles. The number of hydrogen-bond acceptors (Lipinski definition) is 4. The summed E-state index contributed by atoms with van der Waals surface area (Å²) >= 11 is 0.